The molecule has 2 saturated heterocycles. The molecule has 0 aromatic carbocycles. The summed E-state index contributed by atoms with van der Waals surface area (Å²) in [6.45, 7) is 8.41. The highest BCUT2D eigenvalue weighted by molar-refractivity contribution is 5.82. The monoisotopic (exact) mass is 752 g/mol. The van der Waals surface area contributed by atoms with E-state index < -0.39 is 84.7 Å². The van der Waals surface area contributed by atoms with Crippen molar-refractivity contribution >= 4 is 18.1 Å². The van der Waals surface area contributed by atoms with Crippen molar-refractivity contribution in [2.24, 2.45) is 46.2 Å². The molecule has 1 amide bonds. The number of carbonyl (C=O) groups is 2. The van der Waals surface area contributed by atoms with Crippen LogP contribution in [0.15, 0.2) is 16.6 Å². The summed E-state index contributed by atoms with van der Waals surface area (Å²) in [5.74, 6) is -2.60. The Bertz CT molecular complexity index is 1290. The lowest BCUT2D eigenvalue weighted by Gasteiger charge is -2.53. The van der Waals surface area contributed by atoms with Gasteiger partial charge in [-0.3, -0.25) is 4.79 Å². The number of ether oxygens (including phenoxy) is 3. The second-order valence-electron chi connectivity index (χ2n) is 16.8. The first-order chi connectivity index (χ1) is 25.1. The van der Waals surface area contributed by atoms with Crippen molar-refractivity contribution < 1.29 is 64.9 Å². The maximum atomic E-state index is 14.1. The second kappa shape index (κ2) is 18.2. The van der Waals surface area contributed by atoms with Gasteiger partial charge in [0.05, 0.1) is 55.0 Å². The van der Waals surface area contributed by atoms with Gasteiger partial charge in [0.1, 0.15) is 30.4 Å². The minimum Gasteiger partial charge on any atom is -0.804 e. The number of primary amides is 1. The van der Waals surface area contributed by atoms with Crippen LogP contribution in [0.4, 0.5) is 0 Å². The number of aliphatic hydroxyl groups excluding tert-OH is 4. The molecule has 3 aliphatic heterocycles. The van der Waals surface area contributed by atoms with Crippen molar-refractivity contribution in [3.63, 3.8) is 0 Å². The van der Waals surface area contributed by atoms with Crippen LogP contribution in [0.3, 0.4) is 0 Å². The van der Waals surface area contributed by atoms with Gasteiger partial charge in [-0.2, -0.15) is 0 Å². The largest absolute Gasteiger partial charge is 0.804 e. The predicted octanol–water partition coefficient (Wildman–Crippen LogP) is -2.72. The number of hydrogen-bond acceptors (Lipinski definition) is 12. The molecule has 0 bridgehead atoms. The van der Waals surface area contributed by atoms with Crippen LogP contribution in [0.5, 0.6) is 0 Å². The number of carboxylic acid groups (broad SMARTS) is 1. The molecule has 14 atom stereocenters. The SMILES string of the molecule is CC(C)CCCC(C)C(C[NH2+]C([O-])C1(O)C(OC2CCC3C(C2)[OH+]C(C(N)=O)C(C2CCC(O)CC2)C3O)OC(C(=O)[O-])C(O)C1O)CC1=C[CH+]N=C1. The molecule has 0 spiro atoms. The molecule has 15 heteroatoms. The van der Waals surface area contributed by atoms with Crippen molar-refractivity contribution in [2.45, 2.75) is 158 Å². The van der Waals surface area contributed by atoms with Gasteiger partial charge in [-0.15, -0.1) is 4.99 Å². The number of carboxylic acids is 1. The number of aliphatic imine (C=N–C) groups is 1. The fraction of sp³-hybridized carbons (Fsp3) is 0.842. The molecule has 4 fully saturated rings. The van der Waals surface area contributed by atoms with Gasteiger partial charge in [0.25, 0.3) is 5.91 Å². The fourth-order valence-electron chi connectivity index (χ4n) is 9.44. The average molecular weight is 753 g/mol. The molecule has 0 radical (unpaired) electrons. The molecule has 300 valence electrons. The summed E-state index contributed by atoms with van der Waals surface area (Å²) in [6.07, 6.45) is -3.56. The van der Waals surface area contributed by atoms with Crippen LogP contribution >= 0.6 is 0 Å². The van der Waals surface area contributed by atoms with Gasteiger partial charge in [0.2, 0.25) is 6.10 Å². The summed E-state index contributed by atoms with van der Waals surface area (Å²) in [5.41, 5.74) is 4.03. The lowest BCUT2D eigenvalue weighted by atomic mass is 9.66. The number of aliphatic carboxylic acids is 1. The summed E-state index contributed by atoms with van der Waals surface area (Å²) in [7, 11) is 0. The van der Waals surface area contributed by atoms with Gasteiger partial charge in [-0.25, -0.2) is 0 Å². The van der Waals surface area contributed by atoms with E-state index in [1.54, 1.807) is 12.8 Å². The molecule has 2 saturated carbocycles. The number of nitrogens with zero attached hydrogens (tertiary/aromatic N) is 1. The third kappa shape index (κ3) is 9.62. The van der Waals surface area contributed by atoms with E-state index in [0.29, 0.717) is 50.9 Å². The van der Waals surface area contributed by atoms with Crippen molar-refractivity contribution in [3.8, 4) is 0 Å². The normalized spacial score (nSPS) is 40.5. The van der Waals surface area contributed by atoms with Crippen LogP contribution in [0.2, 0.25) is 0 Å². The van der Waals surface area contributed by atoms with Crippen LogP contribution in [0.1, 0.15) is 91.4 Å². The van der Waals surface area contributed by atoms with Crippen molar-refractivity contribution in [3.05, 3.63) is 18.2 Å². The molecule has 14 unspecified atom stereocenters. The standard InChI is InChI=1S/C38H61N3O12/c1-19(2)5-4-6-20(3)23(15-21-13-14-40-17-21)18-41-36(49)38(50)33(45)30(44)32(35(47)48)53-37(38)51-25-11-12-26-27(16-25)52-31(34(39)46)28(29(26)43)22-7-9-24(42)10-8-22/h13-14,17,19-20,22-33,36-37,41-45,50H,4-12,15-16,18H2,1-3H3,(H2,39,46)(H,47,48)/p+1. The van der Waals surface area contributed by atoms with E-state index in [1.165, 1.54) is 5.32 Å². The third-order valence-corrected chi connectivity index (χ3v) is 12.7. The zero-order valence-electron chi connectivity index (χ0n) is 31.2. The first-order valence-corrected chi connectivity index (χ1v) is 19.6. The quantitative estimate of drug-likeness (QED) is 0.0484. The number of fused-ring (bicyclic) bond motifs is 1. The maximum Gasteiger partial charge on any atom is 0.297 e. The van der Waals surface area contributed by atoms with E-state index in [4.69, 9.17) is 19.9 Å². The van der Waals surface area contributed by atoms with Crippen LogP contribution < -0.4 is 21.3 Å². The van der Waals surface area contributed by atoms with Gasteiger partial charge in [0, 0.05) is 18.8 Å². The number of aliphatic hydroxyl groups is 7. The summed E-state index contributed by atoms with van der Waals surface area (Å²) in [5, 5.41) is 83.0. The van der Waals surface area contributed by atoms with Crippen LogP contribution in [-0.4, -0.2) is 122 Å². The predicted molar refractivity (Wildman–Crippen MR) is 187 cm³/mol. The Balaban J connectivity index is 1.30. The molecule has 53 heavy (non-hydrogen) atoms. The summed E-state index contributed by atoms with van der Waals surface area (Å²) >= 11 is 0. The van der Waals surface area contributed by atoms with Crippen LogP contribution in [-0.2, 0) is 19.1 Å². The number of allylic oxidation sites excluding steroid dienone is 1. The first kappa shape index (κ1) is 42.0. The van der Waals surface area contributed by atoms with Crippen molar-refractivity contribution in [1.29, 1.82) is 0 Å². The molecule has 5 rings (SSSR count). The van der Waals surface area contributed by atoms with Gasteiger partial charge in [-0.05, 0) is 56.3 Å². The molecule has 3 heterocycles. The Kier molecular flexibility index (Phi) is 14.4. The van der Waals surface area contributed by atoms with Gasteiger partial charge >= 0.3 is 0 Å². The Labute approximate surface area is 312 Å². The number of carbonyl (C=O) groups excluding carboxylic acids is 2. The van der Waals surface area contributed by atoms with Crippen LogP contribution in [0.25, 0.3) is 0 Å². The van der Waals surface area contributed by atoms with E-state index in [2.05, 4.69) is 25.8 Å². The summed E-state index contributed by atoms with van der Waals surface area (Å²) in [4.78, 5) is 28.8. The van der Waals surface area contributed by atoms with Gasteiger partial charge in [-0.1, -0.05) is 40.0 Å². The Hall–Kier alpha value is -2.18. The smallest absolute Gasteiger partial charge is 0.297 e. The number of hydrogen-bond donors (Lipinski definition) is 7. The minimum absolute atomic E-state index is 0.0105. The number of quaternary nitrogens is 1. The topological polar surface area (TPSA) is 268 Å². The van der Waals surface area contributed by atoms with E-state index >= 15 is 0 Å². The van der Waals surface area contributed by atoms with Crippen molar-refractivity contribution in [1.82, 2.24) is 0 Å². The highest BCUT2D eigenvalue weighted by Gasteiger charge is 2.61. The molecule has 2 aliphatic carbocycles. The number of rotatable bonds is 16. The summed E-state index contributed by atoms with van der Waals surface area (Å²) in [6, 6.07) is 0. The zero-order valence-corrected chi connectivity index (χ0v) is 31.2. The highest BCUT2D eigenvalue weighted by atomic mass is 16.7. The fourth-order valence-corrected chi connectivity index (χ4v) is 9.44. The third-order valence-electron chi connectivity index (χ3n) is 12.7. The summed E-state index contributed by atoms with van der Waals surface area (Å²) < 4.78 is 16.5. The molecule has 5 aliphatic rings. The highest BCUT2D eigenvalue weighted by Crippen LogP contribution is 2.45. The van der Waals surface area contributed by atoms with Crippen LogP contribution in [0, 0.1) is 42.1 Å². The molecular formula is C38H62N3O12+. The zero-order chi connectivity index (χ0) is 38.6. The number of nitrogens with two attached hydrogens (primary N) is 2. The first-order valence-electron chi connectivity index (χ1n) is 19.6. The van der Waals surface area contributed by atoms with E-state index in [-0.39, 0.29) is 36.6 Å². The minimum atomic E-state index is -2.79. The molecule has 0 aromatic rings. The Morgan fingerprint density at radius 2 is 1.83 bits per heavy atom. The molecule has 10 N–H and O–H groups in total. The molecular weight excluding hydrogens is 690 g/mol. The number of amides is 1. The van der Waals surface area contributed by atoms with Gasteiger partial charge in [0.15, 0.2) is 24.2 Å². The van der Waals surface area contributed by atoms with Crippen molar-refractivity contribution in [2.75, 3.05) is 6.54 Å². The van der Waals surface area contributed by atoms with E-state index in [9.17, 15) is 45.3 Å². The average Bonchev–Trinajstić information content (AvgIpc) is 3.63. The lowest BCUT2D eigenvalue weighted by Crippen LogP contribution is -3.02. The molecule has 0 aromatic heterocycles. The molecule has 15 nitrogen and oxygen atoms in total. The maximum absolute atomic E-state index is 14.1. The van der Waals surface area contributed by atoms with E-state index in [0.717, 1.165) is 24.8 Å². The lowest BCUT2D eigenvalue weighted by molar-refractivity contribution is -0.837. The Morgan fingerprint density at radius 1 is 1.11 bits per heavy atom. The van der Waals surface area contributed by atoms with E-state index in [1.807, 2.05) is 6.08 Å². The second-order valence-corrected chi connectivity index (χ2v) is 16.8. The van der Waals surface area contributed by atoms with Gasteiger partial charge < -0.3 is 65.8 Å². The Morgan fingerprint density at radius 3 is 2.45 bits per heavy atom.